The van der Waals surface area contributed by atoms with Gasteiger partial charge in [-0.3, -0.25) is 4.90 Å². The lowest BCUT2D eigenvalue weighted by Gasteiger charge is -2.28. The van der Waals surface area contributed by atoms with E-state index < -0.39 is 0 Å². The summed E-state index contributed by atoms with van der Waals surface area (Å²) in [7, 11) is 4.15. The van der Waals surface area contributed by atoms with Gasteiger partial charge in [-0.05, 0) is 32.1 Å². The normalized spacial score (nSPS) is 13.6. The minimum atomic E-state index is 0.131. The van der Waals surface area contributed by atoms with Gasteiger partial charge in [0.1, 0.15) is 5.82 Å². The van der Waals surface area contributed by atoms with Crippen molar-refractivity contribution >= 4 is 11.0 Å². The van der Waals surface area contributed by atoms with Crippen molar-refractivity contribution in [1.29, 1.82) is 0 Å². The van der Waals surface area contributed by atoms with Gasteiger partial charge in [0.05, 0.1) is 23.7 Å². The van der Waals surface area contributed by atoms with Crippen LogP contribution in [0.1, 0.15) is 25.7 Å². The summed E-state index contributed by atoms with van der Waals surface area (Å²) in [6.45, 7) is 5.12. The van der Waals surface area contributed by atoms with Gasteiger partial charge in [-0.25, -0.2) is 4.98 Å². The Hall–Kier alpha value is -1.39. The smallest absolute Gasteiger partial charge is 0.127 e. The van der Waals surface area contributed by atoms with Crippen LogP contribution >= 0.6 is 0 Å². The SMILES string of the molecule is CC(C)C(c1nc2ccccc2n1CCO)N(C)C. The van der Waals surface area contributed by atoms with E-state index in [0.717, 1.165) is 16.9 Å². The van der Waals surface area contributed by atoms with Crippen molar-refractivity contribution in [2.24, 2.45) is 5.92 Å². The molecule has 0 bridgehead atoms. The third-order valence-corrected chi connectivity index (χ3v) is 3.46. The summed E-state index contributed by atoms with van der Waals surface area (Å²) in [5.74, 6) is 1.50. The van der Waals surface area contributed by atoms with Crippen LogP contribution in [0.5, 0.6) is 0 Å². The predicted molar refractivity (Wildman–Crippen MR) is 78.1 cm³/mol. The summed E-state index contributed by atoms with van der Waals surface area (Å²) < 4.78 is 2.14. The van der Waals surface area contributed by atoms with Gasteiger partial charge in [0.2, 0.25) is 0 Å². The molecule has 104 valence electrons. The van der Waals surface area contributed by atoms with Gasteiger partial charge in [-0.1, -0.05) is 26.0 Å². The van der Waals surface area contributed by atoms with Crippen LogP contribution in [0, 0.1) is 5.92 Å². The Balaban J connectivity index is 2.60. The number of aliphatic hydroxyl groups is 1. The molecule has 0 spiro atoms. The Morgan fingerprint density at radius 3 is 2.53 bits per heavy atom. The number of nitrogens with zero attached hydrogens (tertiary/aromatic N) is 3. The summed E-state index contributed by atoms with van der Waals surface area (Å²) in [6.07, 6.45) is 0. The number of hydrogen-bond acceptors (Lipinski definition) is 3. The van der Waals surface area contributed by atoms with Crippen LogP contribution in [-0.2, 0) is 6.54 Å². The van der Waals surface area contributed by atoms with Crippen molar-refractivity contribution < 1.29 is 5.11 Å². The minimum Gasteiger partial charge on any atom is -0.395 e. The molecule has 1 aromatic carbocycles. The van der Waals surface area contributed by atoms with Gasteiger partial charge >= 0.3 is 0 Å². The van der Waals surface area contributed by atoms with Gasteiger partial charge in [-0.2, -0.15) is 0 Å². The number of aliphatic hydroxyl groups excluding tert-OH is 1. The number of rotatable bonds is 5. The van der Waals surface area contributed by atoms with E-state index in [1.165, 1.54) is 0 Å². The number of imidazole rings is 1. The van der Waals surface area contributed by atoms with Gasteiger partial charge in [-0.15, -0.1) is 0 Å². The molecule has 0 saturated heterocycles. The molecule has 0 amide bonds. The lowest BCUT2D eigenvalue weighted by Crippen LogP contribution is -2.28. The highest BCUT2D eigenvalue weighted by Gasteiger charge is 2.24. The van der Waals surface area contributed by atoms with Crippen LogP contribution in [0.25, 0.3) is 11.0 Å². The number of hydrogen-bond donors (Lipinski definition) is 1. The second kappa shape index (κ2) is 5.72. The molecule has 0 radical (unpaired) electrons. The molecule has 4 heteroatoms. The molecular formula is C15H23N3O. The van der Waals surface area contributed by atoms with Crippen LogP contribution in [0.4, 0.5) is 0 Å². The largest absolute Gasteiger partial charge is 0.395 e. The molecule has 0 fully saturated rings. The standard InChI is InChI=1S/C15H23N3O/c1-11(2)14(17(3)4)15-16-12-7-5-6-8-13(12)18(15)9-10-19/h5-8,11,14,19H,9-10H2,1-4H3. The first-order valence-electron chi connectivity index (χ1n) is 6.78. The molecule has 4 nitrogen and oxygen atoms in total. The first kappa shape index (κ1) is 14.0. The van der Waals surface area contributed by atoms with Crippen molar-refractivity contribution in [2.75, 3.05) is 20.7 Å². The molecule has 0 aliphatic rings. The molecule has 0 saturated carbocycles. The maximum absolute atomic E-state index is 9.32. The topological polar surface area (TPSA) is 41.3 Å². The maximum atomic E-state index is 9.32. The fourth-order valence-electron chi connectivity index (χ4n) is 2.78. The molecule has 1 unspecified atom stereocenters. The van der Waals surface area contributed by atoms with Crippen molar-refractivity contribution in [3.63, 3.8) is 0 Å². The second-order valence-corrected chi connectivity index (χ2v) is 5.49. The number of para-hydroxylation sites is 2. The van der Waals surface area contributed by atoms with Crippen molar-refractivity contribution in [3.8, 4) is 0 Å². The lowest BCUT2D eigenvalue weighted by molar-refractivity contribution is 0.212. The van der Waals surface area contributed by atoms with E-state index in [9.17, 15) is 5.11 Å². The quantitative estimate of drug-likeness (QED) is 0.898. The van der Waals surface area contributed by atoms with E-state index in [4.69, 9.17) is 4.98 Å². The number of aromatic nitrogens is 2. The van der Waals surface area contributed by atoms with Crippen LogP contribution in [-0.4, -0.2) is 40.3 Å². The zero-order valence-corrected chi connectivity index (χ0v) is 12.2. The van der Waals surface area contributed by atoms with Crippen LogP contribution < -0.4 is 0 Å². The summed E-state index contributed by atoms with van der Waals surface area (Å²) in [6, 6.07) is 8.36. The summed E-state index contributed by atoms with van der Waals surface area (Å²) >= 11 is 0. The average Bonchev–Trinajstić information content (AvgIpc) is 2.68. The number of benzene rings is 1. The average molecular weight is 261 g/mol. The van der Waals surface area contributed by atoms with Crippen LogP contribution in [0.15, 0.2) is 24.3 Å². The molecular weight excluding hydrogens is 238 g/mol. The van der Waals surface area contributed by atoms with Gasteiger partial charge < -0.3 is 9.67 Å². The molecule has 2 rings (SSSR count). The molecule has 0 aliphatic heterocycles. The Labute approximate surface area is 114 Å². The van der Waals surface area contributed by atoms with Gasteiger partial charge in [0.25, 0.3) is 0 Å². The number of fused-ring (bicyclic) bond motifs is 1. The minimum absolute atomic E-state index is 0.131. The third kappa shape index (κ3) is 2.65. The van der Waals surface area contributed by atoms with Crippen LogP contribution in [0.2, 0.25) is 0 Å². The Morgan fingerprint density at radius 2 is 1.95 bits per heavy atom. The lowest BCUT2D eigenvalue weighted by atomic mass is 10.0. The first-order valence-corrected chi connectivity index (χ1v) is 6.78. The Morgan fingerprint density at radius 1 is 1.26 bits per heavy atom. The Kier molecular flexibility index (Phi) is 4.22. The van der Waals surface area contributed by atoms with Crippen molar-refractivity contribution in [1.82, 2.24) is 14.5 Å². The van der Waals surface area contributed by atoms with E-state index in [1.807, 2.05) is 18.2 Å². The zero-order chi connectivity index (χ0) is 14.0. The predicted octanol–water partition coefficient (Wildman–Crippen LogP) is 2.29. The highest BCUT2D eigenvalue weighted by atomic mass is 16.3. The van der Waals surface area contributed by atoms with Gasteiger partial charge in [0, 0.05) is 6.54 Å². The van der Waals surface area contributed by atoms with E-state index in [-0.39, 0.29) is 12.6 Å². The fourth-order valence-corrected chi connectivity index (χ4v) is 2.78. The molecule has 0 aliphatic carbocycles. The molecule has 1 atom stereocenters. The van der Waals surface area contributed by atoms with Crippen molar-refractivity contribution in [2.45, 2.75) is 26.4 Å². The highest BCUT2D eigenvalue weighted by Crippen LogP contribution is 2.28. The molecule has 19 heavy (non-hydrogen) atoms. The third-order valence-electron chi connectivity index (χ3n) is 3.46. The van der Waals surface area contributed by atoms with E-state index in [1.54, 1.807) is 0 Å². The summed E-state index contributed by atoms with van der Waals surface area (Å²) in [4.78, 5) is 6.98. The zero-order valence-electron chi connectivity index (χ0n) is 12.2. The summed E-state index contributed by atoms with van der Waals surface area (Å²) in [5.41, 5.74) is 2.09. The molecule has 1 heterocycles. The van der Waals surface area contributed by atoms with E-state index in [2.05, 4.69) is 43.5 Å². The maximum Gasteiger partial charge on any atom is 0.127 e. The molecule has 1 N–H and O–H groups in total. The second-order valence-electron chi connectivity index (χ2n) is 5.49. The Bertz CT molecular complexity index is 537. The molecule has 2 aromatic rings. The van der Waals surface area contributed by atoms with Gasteiger partial charge in [0.15, 0.2) is 0 Å². The monoisotopic (exact) mass is 261 g/mol. The molecule has 1 aromatic heterocycles. The van der Waals surface area contributed by atoms with E-state index in [0.29, 0.717) is 12.5 Å². The fraction of sp³-hybridized carbons (Fsp3) is 0.533. The van der Waals surface area contributed by atoms with E-state index >= 15 is 0 Å². The van der Waals surface area contributed by atoms with Crippen molar-refractivity contribution in [3.05, 3.63) is 30.1 Å². The summed E-state index contributed by atoms with van der Waals surface area (Å²) in [5, 5.41) is 9.32. The first-order chi connectivity index (χ1) is 9.06. The van der Waals surface area contributed by atoms with Crippen LogP contribution in [0.3, 0.4) is 0 Å². The highest BCUT2D eigenvalue weighted by molar-refractivity contribution is 5.76.